The Bertz CT molecular complexity index is 600. The normalized spacial score (nSPS) is 24.2. The minimum absolute atomic E-state index is 0.0117. The third-order valence-corrected chi connectivity index (χ3v) is 3.74. The molecule has 1 unspecified atom stereocenters. The standard InChI is InChI=1S/C15H19FN2O/c1-15(2,3)11-7-18(13-9-19-8-12(13)16)14-10(11)5-4-6-17-14/h4-7,12-13H,8-9H2,1-3H3/t12-,13?/m1/s1. The first-order valence-electron chi connectivity index (χ1n) is 6.66. The number of hydrogen-bond donors (Lipinski definition) is 0. The molecule has 102 valence electrons. The minimum atomic E-state index is -0.953. The maximum absolute atomic E-state index is 13.9. The first-order chi connectivity index (χ1) is 8.98. The van der Waals surface area contributed by atoms with E-state index >= 15 is 0 Å². The summed E-state index contributed by atoms with van der Waals surface area (Å²) in [5.41, 5.74) is 2.07. The molecule has 0 radical (unpaired) electrons. The van der Waals surface area contributed by atoms with Gasteiger partial charge in [-0.2, -0.15) is 0 Å². The van der Waals surface area contributed by atoms with Crippen molar-refractivity contribution in [3.05, 3.63) is 30.1 Å². The number of rotatable bonds is 1. The zero-order chi connectivity index (χ0) is 13.6. The van der Waals surface area contributed by atoms with E-state index in [2.05, 4.69) is 31.8 Å². The summed E-state index contributed by atoms with van der Waals surface area (Å²) < 4.78 is 21.1. The molecule has 0 spiro atoms. The molecule has 1 saturated heterocycles. The van der Waals surface area contributed by atoms with Crippen LogP contribution >= 0.6 is 0 Å². The van der Waals surface area contributed by atoms with Crippen molar-refractivity contribution in [2.24, 2.45) is 0 Å². The first kappa shape index (κ1) is 12.6. The predicted molar refractivity (Wildman–Crippen MR) is 73.2 cm³/mol. The Balaban J connectivity index is 2.20. The van der Waals surface area contributed by atoms with Crippen molar-refractivity contribution in [1.29, 1.82) is 0 Å². The fourth-order valence-electron chi connectivity index (χ4n) is 2.70. The number of pyridine rings is 1. The molecule has 2 aromatic rings. The van der Waals surface area contributed by atoms with Gasteiger partial charge in [0.05, 0.1) is 19.3 Å². The zero-order valence-electron chi connectivity index (χ0n) is 11.6. The average molecular weight is 262 g/mol. The Kier molecular flexibility index (Phi) is 2.86. The van der Waals surface area contributed by atoms with E-state index in [0.29, 0.717) is 6.61 Å². The van der Waals surface area contributed by atoms with Gasteiger partial charge >= 0.3 is 0 Å². The summed E-state index contributed by atoms with van der Waals surface area (Å²) in [6.45, 7) is 7.10. The van der Waals surface area contributed by atoms with Gasteiger partial charge in [-0.3, -0.25) is 0 Å². The predicted octanol–water partition coefficient (Wildman–Crippen LogP) is 3.24. The summed E-state index contributed by atoms with van der Waals surface area (Å²) in [4.78, 5) is 4.44. The summed E-state index contributed by atoms with van der Waals surface area (Å²) in [5.74, 6) is 0. The summed E-state index contributed by atoms with van der Waals surface area (Å²) in [5, 5.41) is 1.11. The minimum Gasteiger partial charge on any atom is -0.376 e. The molecule has 1 aliphatic rings. The molecular weight excluding hydrogens is 243 g/mol. The van der Waals surface area contributed by atoms with Crippen molar-refractivity contribution in [3.63, 3.8) is 0 Å². The smallest absolute Gasteiger partial charge is 0.146 e. The lowest BCUT2D eigenvalue weighted by molar-refractivity contribution is 0.172. The Morgan fingerprint density at radius 3 is 2.79 bits per heavy atom. The van der Waals surface area contributed by atoms with E-state index in [1.54, 1.807) is 6.20 Å². The molecule has 0 aromatic carbocycles. The fraction of sp³-hybridized carbons (Fsp3) is 0.533. The van der Waals surface area contributed by atoms with Gasteiger partial charge in [-0.05, 0) is 23.1 Å². The lowest BCUT2D eigenvalue weighted by atomic mass is 9.87. The topological polar surface area (TPSA) is 27.1 Å². The average Bonchev–Trinajstić information content (AvgIpc) is 2.91. The van der Waals surface area contributed by atoms with Gasteiger partial charge in [-0.25, -0.2) is 9.37 Å². The first-order valence-corrected chi connectivity index (χ1v) is 6.66. The van der Waals surface area contributed by atoms with Crippen LogP contribution in [0.25, 0.3) is 11.0 Å². The van der Waals surface area contributed by atoms with Crippen LogP contribution in [0.4, 0.5) is 4.39 Å². The SMILES string of the molecule is CC(C)(C)c1cn(C2COC[C@H]2F)c2ncccc12. The fourth-order valence-corrected chi connectivity index (χ4v) is 2.70. The van der Waals surface area contributed by atoms with Crippen LogP contribution in [0.3, 0.4) is 0 Å². The van der Waals surface area contributed by atoms with Gasteiger partial charge in [-0.15, -0.1) is 0 Å². The molecule has 2 aromatic heterocycles. The van der Waals surface area contributed by atoms with Gasteiger partial charge in [-0.1, -0.05) is 20.8 Å². The van der Waals surface area contributed by atoms with Crippen molar-refractivity contribution >= 4 is 11.0 Å². The highest BCUT2D eigenvalue weighted by atomic mass is 19.1. The van der Waals surface area contributed by atoms with Gasteiger partial charge in [0.15, 0.2) is 0 Å². The number of aromatic nitrogens is 2. The molecular formula is C15H19FN2O. The van der Waals surface area contributed by atoms with E-state index in [4.69, 9.17) is 4.74 Å². The van der Waals surface area contributed by atoms with Crippen LogP contribution < -0.4 is 0 Å². The van der Waals surface area contributed by atoms with Gasteiger partial charge in [0.1, 0.15) is 11.8 Å². The van der Waals surface area contributed by atoms with Crippen LogP contribution in [0.15, 0.2) is 24.5 Å². The molecule has 0 N–H and O–H groups in total. The number of alkyl halides is 1. The van der Waals surface area contributed by atoms with Crippen molar-refractivity contribution in [1.82, 2.24) is 9.55 Å². The lowest BCUT2D eigenvalue weighted by Gasteiger charge is -2.17. The third kappa shape index (κ3) is 2.04. The molecule has 1 aliphatic heterocycles. The largest absolute Gasteiger partial charge is 0.376 e. The third-order valence-electron chi connectivity index (χ3n) is 3.74. The summed E-state index contributed by atoms with van der Waals surface area (Å²) in [7, 11) is 0. The zero-order valence-corrected chi connectivity index (χ0v) is 11.6. The van der Waals surface area contributed by atoms with Crippen LogP contribution in [0, 0.1) is 0 Å². The molecule has 3 rings (SSSR count). The number of fused-ring (bicyclic) bond motifs is 1. The molecule has 2 atom stereocenters. The van der Waals surface area contributed by atoms with Crippen LogP contribution in [0.2, 0.25) is 0 Å². The summed E-state index contributed by atoms with van der Waals surface area (Å²) >= 11 is 0. The number of halogens is 1. The summed E-state index contributed by atoms with van der Waals surface area (Å²) in [6, 6.07) is 3.73. The van der Waals surface area contributed by atoms with Crippen molar-refractivity contribution < 1.29 is 9.13 Å². The van der Waals surface area contributed by atoms with E-state index < -0.39 is 6.17 Å². The second-order valence-corrected chi connectivity index (χ2v) is 6.20. The lowest BCUT2D eigenvalue weighted by Crippen LogP contribution is -2.18. The highest BCUT2D eigenvalue weighted by Gasteiger charge is 2.32. The van der Waals surface area contributed by atoms with E-state index in [9.17, 15) is 4.39 Å². The van der Waals surface area contributed by atoms with Gasteiger partial charge in [0.2, 0.25) is 0 Å². The van der Waals surface area contributed by atoms with Crippen molar-refractivity contribution in [2.75, 3.05) is 13.2 Å². The monoisotopic (exact) mass is 262 g/mol. The highest BCUT2D eigenvalue weighted by molar-refractivity contribution is 5.81. The molecule has 19 heavy (non-hydrogen) atoms. The second kappa shape index (κ2) is 4.30. The molecule has 0 aliphatic carbocycles. The van der Waals surface area contributed by atoms with Crippen LogP contribution in [0.5, 0.6) is 0 Å². The van der Waals surface area contributed by atoms with Crippen LogP contribution in [0.1, 0.15) is 32.4 Å². The molecule has 0 amide bonds. The maximum Gasteiger partial charge on any atom is 0.146 e. The quantitative estimate of drug-likeness (QED) is 0.789. The van der Waals surface area contributed by atoms with Crippen LogP contribution in [-0.2, 0) is 10.2 Å². The van der Waals surface area contributed by atoms with Gasteiger partial charge in [0.25, 0.3) is 0 Å². The molecule has 0 saturated carbocycles. The Morgan fingerprint density at radius 2 is 2.16 bits per heavy atom. The second-order valence-electron chi connectivity index (χ2n) is 6.20. The van der Waals surface area contributed by atoms with E-state index in [-0.39, 0.29) is 18.1 Å². The van der Waals surface area contributed by atoms with Gasteiger partial charge in [0, 0.05) is 17.8 Å². The van der Waals surface area contributed by atoms with Crippen molar-refractivity contribution in [3.8, 4) is 0 Å². The van der Waals surface area contributed by atoms with E-state index in [0.717, 1.165) is 11.0 Å². The number of ether oxygens (including phenoxy) is 1. The Morgan fingerprint density at radius 1 is 1.37 bits per heavy atom. The highest BCUT2D eigenvalue weighted by Crippen LogP contribution is 2.34. The molecule has 0 bridgehead atoms. The van der Waals surface area contributed by atoms with E-state index in [1.165, 1.54) is 5.56 Å². The maximum atomic E-state index is 13.9. The number of nitrogens with zero attached hydrogens (tertiary/aromatic N) is 2. The summed E-state index contributed by atoms with van der Waals surface area (Å²) in [6.07, 6.45) is 2.85. The number of hydrogen-bond acceptors (Lipinski definition) is 2. The Labute approximate surface area is 112 Å². The Hall–Kier alpha value is -1.42. The molecule has 4 heteroatoms. The molecule has 1 fully saturated rings. The molecule has 3 nitrogen and oxygen atoms in total. The van der Waals surface area contributed by atoms with Crippen LogP contribution in [-0.4, -0.2) is 28.9 Å². The van der Waals surface area contributed by atoms with E-state index in [1.807, 2.05) is 16.8 Å². The molecule has 3 heterocycles. The van der Waals surface area contributed by atoms with Gasteiger partial charge < -0.3 is 9.30 Å². The van der Waals surface area contributed by atoms with Crippen molar-refractivity contribution in [2.45, 2.75) is 38.4 Å².